The van der Waals surface area contributed by atoms with Gasteiger partial charge in [0.25, 0.3) is 5.91 Å². The zero-order valence-corrected chi connectivity index (χ0v) is 18.3. The second-order valence-electron chi connectivity index (χ2n) is 7.60. The van der Waals surface area contributed by atoms with Crippen molar-refractivity contribution in [2.45, 2.75) is 19.8 Å². The molecule has 0 saturated heterocycles. The lowest BCUT2D eigenvalue weighted by Gasteiger charge is -2.16. The molecule has 0 saturated carbocycles. The summed E-state index contributed by atoms with van der Waals surface area (Å²) in [6, 6.07) is 14.0. The first-order valence-electron chi connectivity index (χ1n) is 9.96. The van der Waals surface area contributed by atoms with Gasteiger partial charge >= 0.3 is 0 Å². The number of hydrogen-bond acceptors (Lipinski definition) is 5. The van der Waals surface area contributed by atoms with Crippen LogP contribution in [0.2, 0.25) is 5.02 Å². The van der Waals surface area contributed by atoms with Crippen molar-refractivity contribution in [1.82, 2.24) is 15.0 Å². The Bertz CT molecular complexity index is 1330. The van der Waals surface area contributed by atoms with Crippen molar-refractivity contribution in [2.24, 2.45) is 5.73 Å². The molecule has 4 rings (SSSR count). The Hall–Kier alpha value is -3.84. The third kappa shape index (κ3) is 3.90. The Morgan fingerprint density at radius 1 is 1.16 bits per heavy atom. The summed E-state index contributed by atoms with van der Waals surface area (Å²) in [5, 5.41) is 10.5. The van der Waals surface area contributed by atoms with Crippen molar-refractivity contribution in [3.63, 3.8) is 0 Å². The second-order valence-corrected chi connectivity index (χ2v) is 8.04. The third-order valence-electron chi connectivity index (χ3n) is 5.49. The molecule has 2 aromatic heterocycles. The molecule has 0 fully saturated rings. The van der Waals surface area contributed by atoms with E-state index >= 15 is 0 Å². The van der Waals surface area contributed by atoms with Crippen molar-refractivity contribution in [3.05, 3.63) is 82.0 Å². The lowest BCUT2D eigenvalue weighted by molar-refractivity contribution is 0.1000. The number of aromatic nitrogens is 3. The van der Waals surface area contributed by atoms with Crippen molar-refractivity contribution in [3.8, 4) is 28.4 Å². The topological polar surface area (TPSA) is 131 Å². The first kappa shape index (κ1) is 21.4. The van der Waals surface area contributed by atoms with Gasteiger partial charge in [0.05, 0.1) is 22.6 Å². The monoisotopic (exact) mass is 447 g/mol. The number of phenolic OH excluding ortho intramolecular Hbond substituents is 1. The van der Waals surface area contributed by atoms with E-state index in [4.69, 9.17) is 23.1 Å². The van der Waals surface area contributed by atoms with E-state index in [0.29, 0.717) is 33.2 Å². The average molecular weight is 448 g/mol. The third-order valence-corrected chi connectivity index (χ3v) is 5.72. The van der Waals surface area contributed by atoms with Crippen molar-refractivity contribution in [1.29, 1.82) is 0 Å². The van der Waals surface area contributed by atoms with Crippen LogP contribution in [-0.2, 0) is 0 Å². The summed E-state index contributed by atoms with van der Waals surface area (Å²) < 4.78 is 0. The van der Waals surface area contributed by atoms with Crippen LogP contribution in [0.3, 0.4) is 0 Å². The number of nitrogens with two attached hydrogens (primary N) is 2. The van der Waals surface area contributed by atoms with Gasteiger partial charge in [-0.25, -0.2) is 9.97 Å². The van der Waals surface area contributed by atoms with Gasteiger partial charge in [0.2, 0.25) is 5.95 Å². The number of aromatic hydroxyl groups is 1. The molecule has 0 aliphatic heterocycles. The zero-order chi connectivity index (χ0) is 23.0. The van der Waals surface area contributed by atoms with Crippen LogP contribution in [0.1, 0.15) is 39.9 Å². The number of H-pyrrole nitrogens is 1. The smallest absolute Gasteiger partial charge is 0.251 e. The molecule has 2 heterocycles. The Labute approximate surface area is 190 Å². The Balaban J connectivity index is 2.06. The molecule has 4 aromatic rings. The van der Waals surface area contributed by atoms with Crippen LogP contribution in [0.5, 0.6) is 5.75 Å². The highest BCUT2D eigenvalue weighted by Gasteiger charge is 2.29. The summed E-state index contributed by atoms with van der Waals surface area (Å²) in [6.07, 6.45) is 1.55. The van der Waals surface area contributed by atoms with E-state index in [9.17, 15) is 9.90 Å². The van der Waals surface area contributed by atoms with Crippen LogP contribution in [0.15, 0.2) is 54.7 Å². The van der Waals surface area contributed by atoms with E-state index in [2.05, 4.69) is 15.0 Å². The van der Waals surface area contributed by atoms with Gasteiger partial charge in [-0.05, 0) is 53.9 Å². The first-order chi connectivity index (χ1) is 15.3. The van der Waals surface area contributed by atoms with Gasteiger partial charge in [-0.15, -0.1) is 0 Å². The SMILES string of the molecule is Cc1ccc(Cl)cc1-c1[nH]c(-c2ccnc(N)n2)c(C(C)c2cccc(O)c2)c1C(N)=O. The standard InChI is InChI=1S/C24H22ClN5O2/c1-12-6-7-15(25)11-17(12)21-20(23(26)32)19(13(2)14-4-3-5-16(31)10-14)22(30-21)18-8-9-28-24(27)29-18/h3-11,13,30-31H,1-2H3,(H2,26,32)(H2,27,28,29). The highest BCUT2D eigenvalue weighted by atomic mass is 35.5. The first-order valence-corrected chi connectivity index (χ1v) is 10.3. The molecule has 0 aliphatic carbocycles. The van der Waals surface area contributed by atoms with Gasteiger partial charge < -0.3 is 21.6 Å². The quantitative estimate of drug-likeness (QED) is 0.354. The lowest BCUT2D eigenvalue weighted by atomic mass is 9.87. The fraction of sp³-hybridized carbons (Fsp3) is 0.125. The molecular formula is C24H22ClN5O2. The maximum Gasteiger partial charge on any atom is 0.251 e. The van der Waals surface area contributed by atoms with Crippen LogP contribution < -0.4 is 11.5 Å². The number of primary amides is 1. The highest BCUT2D eigenvalue weighted by molar-refractivity contribution is 6.31. The van der Waals surface area contributed by atoms with Crippen molar-refractivity contribution < 1.29 is 9.90 Å². The van der Waals surface area contributed by atoms with Crippen LogP contribution in [-0.4, -0.2) is 26.0 Å². The number of benzene rings is 2. The summed E-state index contributed by atoms with van der Waals surface area (Å²) >= 11 is 6.26. The number of nitrogens with one attached hydrogen (secondary N) is 1. The number of phenols is 1. The minimum atomic E-state index is -0.592. The molecule has 32 heavy (non-hydrogen) atoms. The molecule has 0 radical (unpaired) electrons. The molecule has 0 bridgehead atoms. The van der Waals surface area contributed by atoms with Crippen molar-refractivity contribution in [2.75, 3.05) is 5.73 Å². The lowest BCUT2D eigenvalue weighted by Crippen LogP contribution is -2.15. The van der Waals surface area contributed by atoms with Crippen LogP contribution in [0.4, 0.5) is 5.95 Å². The number of carbonyl (C=O) groups excluding carboxylic acids is 1. The number of amides is 1. The Kier molecular flexibility index (Phi) is 5.59. The maximum atomic E-state index is 12.8. The van der Waals surface area contributed by atoms with Gasteiger partial charge in [-0.2, -0.15) is 0 Å². The highest BCUT2D eigenvalue weighted by Crippen LogP contribution is 2.41. The van der Waals surface area contributed by atoms with Crippen molar-refractivity contribution >= 4 is 23.5 Å². The van der Waals surface area contributed by atoms with Gasteiger partial charge in [-0.3, -0.25) is 4.79 Å². The fourth-order valence-electron chi connectivity index (χ4n) is 3.94. The number of nitrogen functional groups attached to an aromatic ring is 1. The molecule has 162 valence electrons. The predicted molar refractivity (Wildman–Crippen MR) is 126 cm³/mol. The zero-order valence-electron chi connectivity index (χ0n) is 17.6. The number of halogens is 1. The van der Waals surface area contributed by atoms with Gasteiger partial charge in [-0.1, -0.05) is 36.7 Å². The van der Waals surface area contributed by atoms with E-state index in [-0.39, 0.29) is 17.6 Å². The summed E-state index contributed by atoms with van der Waals surface area (Å²) in [5.41, 5.74) is 16.9. The number of carbonyl (C=O) groups is 1. The second kappa shape index (κ2) is 8.36. The van der Waals surface area contributed by atoms with E-state index in [1.807, 2.05) is 26.0 Å². The Morgan fingerprint density at radius 3 is 2.62 bits per heavy atom. The molecule has 2 aromatic carbocycles. The van der Waals surface area contributed by atoms with E-state index in [1.165, 1.54) is 0 Å². The van der Waals surface area contributed by atoms with Crippen LogP contribution in [0, 0.1) is 6.92 Å². The summed E-state index contributed by atoms with van der Waals surface area (Å²) in [4.78, 5) is 24.5. The summed E-state index contributed by atoms with van der Waals surface area (Å²) in [5.74, 6) is -0.662. The predicted octanol–water partition coefficient (Wildman–Crippen LogP) is 4.64. The number of hydrogen-bond donors (Lipinski definition) is 4. The number of anilines is 1. The van der Waals surface area contributed by atoms with Gasteiger partial charge in [0.15, 0.2) is 0 Å². The van der Waals surface area contributed by atoms with E-state index < -0.39 is 5.91 Å². The van der Waals surface area contributed by atoms with Gasteiger partial charge in [0.1, 0.15) is 5.75 Å². The van der Waals surface area contributed by atoms with Gasteiger partial charge in [0, 0.05) is 22.7 Å². The molecule has 6 N–H and O–H groups in total. The normalized spacial score (nSPS) is 12.0. The minimum absolute atomic E-state index is 0.106. The van der Waals surface area contributed by atoms with Crippen LogP contribution in [0.25, 0.3) is 22.6 Å². The average Bonchev–Trinajstić information content (AvgIpc) is 3.15. The van der Waals surface area contributed by atoms with E-state index in [1.54, 1.807) is 42.6 Å². The molecule has 7 nitrogen and oxygen atoms in total. The number of aromatic amines is 1. The molecule has 0 spiro atoms. The Morgan fingerprint density at radius 2 is 1.94 bits per heavy atom. The number of aryl methyl sites for hydroxylation is 1. The van der Waals surface area contributed by atoms with E-state index in [0.717, 1.165) is 16.7 Å². The molecule has 1 atom stereocenters. The summed E-state index contributed by atoms with van der Waals surface area (Å²) in [7, 11) is 0. The molecule has 1 amide bonds. The maximum absolute atomic E-state index is 12.8. The summed E-state index contributed by atoms with van der Waals surface area (Å²) in [6.45, 7) is 3.87. The number of nitrogens with zero attached hydrogens (tertiary/aromatic N) is 2. The molecule has 0 aliphatic rings. The number of rotatable bonds is 5. The molecule has 8 heteroatoms. The molecular weight excluding hydrogens is 426 g/mol. The van der Waals surface area contributed by atoms with Crippen LogP contribution >= 0.6 is 11.6 Å². The molecule has 1 unspecified atom stereocenters. The minimum Gasteiger partial charge on any atom is -0.508 e. The fourth-order valence-corrected chi connectivity index (χ4v) is 4.12. The largest absolute Gasteiger partial charge is 0.508 e.